The Hall–Kier alpha value is -2.62. The lowest BCUT2D eigenvalue weighted by Gasteiger charge is -2.09. The molecule has 0 atom stereocenters. The standard InChI is InChI=1S/C12H15N5O4S/c1-7-6-8(4-5-9(7)21-3)22(19,20)16-11-10(12(18)13-2)14-17-15-11/h4-6H,1-3H3,(H,13,18)(H2,14,15,16,17). The van der Waals surface area contributed by atoms with E-state index in [9.17, 15) is 13.2 Å². The zero-order valence-corrected chi connectivity index (χ0v) is 13.0. The molecular weight excluding hydrogens is 310 g/mol. The lowest BCUT2D eigenvalue weighted by atomic mass is 10.2. The van der Waals surface area contributed by atoms with Crippen molar-refractivity contribution >= 4 is 21.7 Å². The molecule has 9 nitrogen and oxygen atoms in total. The average molecular weight is 325 g/mol. The Morgan fingerprint density at radius 2 is 2.05 bits per heavy atom. The number of aromatic nitrogens is 3. The van der Waals surface area contributed by atoms with Crippen molar-refractivity contribution in [3.05, 3.63) is 29.5 Å². The quantitative estimate of drug-likeness (QED) is 0.725. The number of benzene rings is 1. The van der Waals surface area contributed by atoms with Gasteiger partial charge in [-0.3, -0.25) is 9.52 Å². The predicted molar refractivity (Wildman–Crippen MR) is 78.3 cm³/mol. The molecule has 1 aromatic heterocycles. The van der Waals surface area contributed by atoms with Crippen molar-refractivity contribution in [2.24, 2.45) is 0 Å². The number of hydrogen-bond donors (Lipinski definition) is 3. The van der Waals surface area contributed by atoms with Gasteiger partial charge in [0.1, 0.15) is 5.75 Å². The molecule has 0 saturated carbocycles. The smallest absolute Gasteiger partial charge is 0.275 e. The molecule has 118 valence electrons. The first-order chi connectivity index (χ1) is 10.4. The Bertz CT molecular complexity index is 800. The van der Waals surface area contributed by atoms with Crippen LogP contribution in [-0.2, 0) is 10.0 Å². The van der Waals surface area contributed by atoms with E-state index in [4.69, 9.17) is 4.74 Å². The summed E-state index contributed by atoms with van der Waals surface area (Å²) in [6.45, 7) is 1.73. The molecule has 0 fully saturated rings. The Morgan fingerprint density at radius 1 is 1.32 bits per heavy atom. The summed E-state index contributed by atoms with van der Waals surface area (Å²) < 4.78 is 32.0. The molecule has 1 amide bonds. The van der Waals surface area contributed by atoms with E-state index in [1.807, 2.05) is 0 Å². The first-order valence-corrected chi connectivity index (χ1v) is 7.67. The second-order valence-electron chi connectivity index (χ2n) is 4.34. The van der Waals surface area contributed by atoms with Gasteiger partial charge in [-0.1, -0.05) is 0 Å². The van der Waals surface area contributed by atoms with Gasteiger partial charge in [0, 0.05) is 7.05 Å². The van der Waals surface area contributed by atoms with Crippen LogP contribution in [0.25, 0.3) is 0 Å². The van der Waals surface area contributed by atoms with Crippen molar-refractivity contribution in [2.75, 3.05) is 18.9 Å². The van der Waals surface area contributed by atoms with E-state index in [1.165, 1.54) is 26.3 Å². The average Bonchev–Trinajstić information content (AvgIpc) is 2.93. The lowest BCUT2D eigenvalue weighted by Crippen LogP contribution is -2.22. The number of rotatable bonds is 5. The molecule has 0 spiro atoms. The largest absolute Gasteiger partial charge is 0.496 e. The van der Waals surface area contributed by atoms with Crippen LogP contribution in [0.3, 0.4) is 0 Å². The van der Waals surface area contributed by atoms with Crippen LogP contribution in [0.1, 0.15) is 16.1 Å². The number of carbonyl (C=O) groups is 1. The molecule has 0 aliphatic rings. The second-order valence-corrected chi connectivity index (χ2v) is 6.02. The Kier molecular flexibility index (Phi) is 4.31. The third-order valence-electron chi connectivity index (χ3n) is 2.90. The van der Waals surface area contributed by atoms with E-state index in [1.54, 1.807) is 13.0 Å². The fourth-order valence-corrected chi connectivity index (χ4v) is 2.88. The number of methoxy groups -OCH3 is 1. The minimum Gasteiger partial charge on any atom is -0.496 e. The number of carbonyl (C=O) groups excluding carboxylic acids is 1. The number of sulfonamides is 1. The highest BCUT2D eigenvalue weighted by atomic mass is 32.2. The Morgan fingerprint density at radius 3 is 2.64 bits per heavy atom. The van der Waals surface area contributed by atoms with E-state index in [-0.39, 0.29) is 16.4 Å². The van der Waals surface area contributed by atoms with E-state index < -0.39 is 15.9 Å². The van der Waals surface area contributed by atoms with Gasteiger partial charge in [0.15, 0.2) is 11.5 Å². The molecule has 0 unspecified atom stereocenters. The minimum absolute atomic E-state index is 0.0247. The fraction of sp³-hybridized carbons (Fsp3) is 0.250. The SMILES string of the molecule is CNC(=O)c1n[nH]nc1NS(=O)(=O)c1ccc(OC)c(C)c1. The summed E-state index contributed by atoms with van der Waals surface area (Å²) in [4.78, 5) is 11.6. The molecule has 0 radical (unpaired) electrons. The summed E-state index contributed by atoms with van der Waals surface area (Å²) in [6.07, 6.45) is 0. The molecule has 0 bridgehead atoms. The van der Waals surface area contributed by atoms with Crippen LogP contribution in [0.5, 0.6) is 5.75 Å². The van der Waals surface area contributed by atoms with Gasteiger partial charge in [0.2, 0.25) is 0 Å². The van der Waals surface area contributed by atoms with Crippen LogP contribution >= 0.6 is 0 Å². The number of nitrogens with zero attached hydrogens (tertiary/aromatic N) is 2. The van der Waals surface area contributed by atoms with Crippen LogP contribution in [-0.4, -0.2) is 43.9 Å². The topological polar surface area (TPSA) is 126 Å². The molecule has 1 heterocycles. The lowest BCUT2D eigenvalue weighted by molar-refractivity contribution is 0.0959. The number of aryl methyl sites for hydroxylation is 1. The highest BCUT2D eigenvalue weighted by Gasteiger charge is 2.22. The predicted octanol–water partition coefficient (Wildman–Crippen LogP) is 0.282. The summed E-state index contributed by atoms with van der Waals surface area (Å²) in [7, 11) is -0.998. The second kappa shape index (κ2) is 6.02. The van der Waals surface area contributed by atoms with E-state index >= 15 is 0 Å². The van der Waals surface area contributed by atoms with Gasteiger partial charge < -0.3 is 10.1 Å². The zero-order valence-electron chi connectivity index (χ0n) is 12.2. The van der Waals surface area contributed by atoms with E-state index in [0.29, 0.717) is 11.3 Å². The van der Waals surface area contributed by atoms with Gasteiger partial charge in [0.25, 0.3) is 15.9 Å². The molecule has 3 N–H and O–H groups in total. The van der Waals surface area contributed by atoms with Crippen molar-refractivity contribution < 1.29 is 17.9 Å². The molecule has 2 aromatic rings. The van der Waals surface area contributed by atoms with Crippen LogP contribution < -0.4 is 14.8 Å². The van der Waals surface area contributed by atoms with Gasteiger partial charge >= 0.3 is 0 Å². The summed E-state index contributed by atoms with van der Waals surface area (Å²) in [5, 5.41) is 11.8. The van der Waals surface area contributed by atoms with Gasteiger partial charge in [-0.25, -0.2) is 8.42 Å². The number of amides is 1. The number of aromatic amines is 1. The molecule has 0 saturated heterocycles. The number of hydrogen-bond acceptors (Lipinski definition) is 6. The Balaban J connectivity index is 2.34. The van der Waals surface area contributed by atoms with Crippen LogP contribution in [0, 0.1) is 6.92 Å². The first kappa shape index (κ1) is 15.8. The maximum Gasteiger partial charge on any atom is 0.275 e. The number of nitrogens with one attached hydrogen (secondary N) is 3. The Labute approximate surface area is 127 Å². The summed E-state index contributed by atoms with van der Waals surface area (Å²) in [6, 6.07) is 4.40. The van der Waals surface area contributed by atoms with Crippen molar-refractivity contribution in [1.82, 2.24) is 20.7 Å². The molecule has 0 aliphatic heterocycles. The summed E-state index contributed by atoms with van der Waals surface area (Å²) in [5.74, 6) is -0.156. The van der Waals surface area contributed by atoms with E-state index in [0.717, 1.165) is 0 Å². The van der Waals surface area contributed by atoms with Crippen LogP contribution in [0.2, 0.25) is 0 Å². The third-order valence-corrected chi connectivity index (χ3v) is 4.23. The third kappa shape index (κ3) is 3.01. The van der Waals surface area contributed by atoms with Crippen LogP contribution in [0.15, 0.2) is 23.1 Å². The molecule has 0 aliphatic carbocycles. The van der Waals surface area contributed by atoms with Gasteiger partial charge in [-0.05, 0) is 30.7 Å². The fourth-order valence-electron chi connectivity index (χ4n) is 1.78. The molecular formula is C12H15N5O4S. The maximum absolute atomic E-state index is 12.3. The highest BCUT2D eigenvalue weighted by molar-refractivity contribution is 7.92. The summed E-state index contributed by atoms with van der Waals surface area (Å²) >= 11 is 0. The summed E-state index contributed by atoms with van der Waals surface area (Å²) in [5.41, 5.74) is 0.522. The molecule has 1 aromatic carbocycles. The monoisotopic (exact) mass is 325 g/mol. The molecule has 22 heavy (non-hydrogen) atoms. The van der Waals surface area contributed by atoms with Gasteiger partial charge in [0.05, 0.1) is 12.0 Å². The number of anilines is 1. The van der Waals surface area contributed by atoms with Gasteiger partial charge in [-0.15, -0.1) is 10.2 Å². The van der Waals surface area contributed by atoms with Gasteiger partial charge in [-0.2, -0.15) is 5.21 Å². The minimum atomic E-state index is -3.90. The zero-order chi connectivity index (χ0) is 16.3. The van der Waals surface area contributed by atoms with Crippen molar-refractivity contribution in [3.63, 3.8) is 0 Å². The van der Waals surface area contributed by atoms with Crippen molar-refractivity contribution in [3.8, 4) is 5.75 Å². The number of H-pyrrole nitrogens is 1. The molecule has 2 rings (SSSR count). The van der Waals surface area contributed by atoms with Crippen LogP contribution in [0.4, 0.5) is 5.82 Å². The normalized spacial score (nSPS) is 11.0. The van der Waals surface area contributed by atoms with Crippen molar-refractivity contribution in [1.29, 1.82) is 0 Å². The maximum atomic E-state index is 12.3. The van der Waals surface area contributed by atoms with Crippen molar-refractivity contribution in [2.45, 2.75) is 11.8 Å². The number of ether oxygens (including phenoxy) is 1. The van der Waals surface area contributed by atoms with E-state index in [2.05, 4.69) is 25.4 Å². The first-order valence-electron chi connectivity index (χ1n) is 6.19. The molecule has 10 heteroatoms. The highest BCUT2D eigenvalue weighted by Crippen LogP contribution is 2.23.